The van der Waals surface area contributed by atoms with E-state index in [-0.39, 0.29) is 18.0 Å². The molecule has 0 saturated heterocycles. The van der Waals surface area contributed by atoms with Crippen LogP contribution in [0.5, 0.6) is 11.5 Å². The number of imide groups is 1. The number of ether oxygens (including phenoxy) is 2. The van der Waals surface area contributed by atoms with Crippen molar-refractivity contribution in [3.8, 4) is 11.5 Å². The summed E-state index contributed by atoms with van der Waals surface area (Å²) in [6.45, 7) is 7.40. The lowest BCUT2D eigenvalue weighted by atomic mass is 9.99. The van der Waals surface area contributed by atoms with E-state index in [1.54, 1.807) is 14.2 Å². The molecule has 1 heterocycles. The zero-order valence-corrected chi connectivity index (χ0v) is 15.6. The second kappa shape index (κ2) is 7.74. The van der Waals surface area contributed by atoms with Crippen LogP contribution in [-0.4, -0.2) is 44.8 Å². The summed E-state index contributed by atoms with van der Waals surface area (Å²) in [4.78, 5) is 25.0. The van der Waals surface area contributed by atoms with Gasteiger partial charge in [-0.25, -0.2) is 4.79 Å². The Morgan fingerprint density at radius 1 is 1.12 bits per heavy atom. The maximum absolute atomic E-state index is 12.1. The van der Waals surface area contributed by atoms with Gasteiger partial charge < -0.3 is 19.7 Å². The smallest absolute Gasteiger partial charge is 0.322 e. The van der Waals surface area contributed by atoms with Gasteiger partial charge in [0.15, 0.2) is 18.0 Å². The van der Waals surface area contributed by atoms with Crippen LogP contribution in [0.25, 0.3) is 0 Å². The molecule has 0 aliphatic carbocycles. The minimum Gasteiger partial charge on any atom is -0.493 e. The summed E-state index contributed by atoms with van der Waals surface area (Å²) < 4.78 is 10.7. The Morgan fingerprint density at radius 3 is 2.28 bits per heavy atom. The van der Waals surface area contributed by atoms with Gasteiger partial charge in [-0.1, -0.05) is 0 Å². The highest BCUT2D eigenvalue weighted by atomic mass is 16.5. The zero-order chi connectivity index (χ0) is 18.6. The molecule has 7 nitrogen and oxygen atoms in total. The maximum atomic E-state index is 12.1. The Balaban J connectivity index is 1.96. The highest BCUT2D eigenvalue weighted by Crippen LogP contribution is 2.31. The third kappa shape index (κ3) is 5.35. The highest BCUT2D eigenvalue weighted by Gasteiger charge is 2.25. The standard InChI is InChI=1S/C18H27N3O4/c1-18(2,3)20-17(23)19-16(22)11-21-7-6-12-8-14(24-4)15(25-5)9-13(12)10-21/h8-9H,6-7,10-11H2,1-5H3,(H2,19,20,22,23)/p+1. The summed E-state index contributed by atoms with van der Waals surface area (Å²) in [6.07, 6.45) is 0.854. The number of carbonyl (C=O) groups is 2. The average molecular weight is 350 g/mol. The first kappa shape index (κ1) is 19.1. The third-order valence-corrected chi connectivity index (χ3v) is 4.05. The van der Waals surface area contributed by atoms with Gasteiger partial charge in [0.1, 0.15) is 6.54 Å². The number of methoxy groups -OCH3 is 2. The molecular formula is C18H28N3O4+. The number of hydrogen-bond acceptors (Lipinski definition) is 4. The van der Waals surface area contributed by atoms with Crippen LogP contribution in [-0.2, 0) is 17.8 Å². The van der Waals surface area contributed by atoms with Crippen molar-refractivity contribution in [2.45, 2.75) is 39.3 Å². The molecule has 3 amide bonds. The largest absolute Gasteiger partial charge is 0.493 e. The number of hydrogen-bond donors (Lipinski definition) is 3. The van der Waals surface area contributed by atoms with Crippen molar-refractivity contribution in [3.05, 3.63) is 23.3 Å². The lowest BCUT2D eigenvalue weighted by Crippen LogP contribution is -3.13. The van der Waals surface area contributed by atoms with Crippen LogP contribution in [0.15, 0.2) is 12.1 Å². The van der Waals surface area contributed by atoms with Gasteiger partial charge in [-0.2, -0.15) is 0 Å². The van der Waals surface area contributed by atoms with Crippen LogP contribution in [0.3, 0.4) is 0 Å². The lowest BCUT2D eigenvalue weighted by molar-refractivity contribution is -0.908. The molecule has 25 heavy (non-hydrogen) atoms. The Labute approximate surface area is 148 Å². The molecule has 1 atom stereocenters. The Kier molecular flexibility index (Phi) is 5.89. The van der Waals surface area contributed by atoms with E-state index in [0.717, 1.165) is 29.2 Å². The van der Waals surface area contributed by atoms with Crippen LogP contribution in [0.2, 0.25) is 0 Å². The number of nitrogens with one attached hydrogen (secondary N) is 3. The summed E-state index contributed by atoms with van der Waals surface area (Å²) in [7, 11) is 3.23. The molecule has 1 unspecified atom stereocenters. The number of fused-ring (bicyclic) bond motifs is 1. The average Bonchev–Trinajstić information content (AvgIpc) is 2.51. The van der Waals surface area contributed by atoms with E-state index < -0.39 is 6.03 Å². The molecule has 1 aliphatic rings. The van der Waals surface area contributed by atoms with E-state index in [0.29, 0.717) is 12.3 Å². The SMILES string of the molecule is COc1cc2c(cc1OC)C[NH+](CC(=O)NC(=O)NC(C)(C)C)CC2. The van der Waals surface area contributed by atoms with Gasteiger partial charge in [-0.3, -0.25) is 10.1 Å². The Bertz CT molecular complexity index is 652. The van der Waals surface area contributed by atoms with Crippen LogP contribution < -0.4 is 25.0 Å². The van der Waals surface area contributed by atoms with Gasteiger partial charge in [0.2, 0.25) is 0 Å². The zero-order valence-electron chi connectivity index (χ0n) is 15.6. The quantitative estimate of drug-likeness (QED) is 0.728. The molecule has 0 radical (unpaired) electrons. The van der Waals surface area contributed by atoms with Gasteiger partial charge in [-0.15, -0.1) is 0 Å². The first-order valence-corrected chi connectivity index (χ1v) is 8.41. The molecule has 0 saturated carbocycles. The summed E-state index contributed by atoms with van der Waals surface area (Å²) in [5, 5.41) is 5.11. The van der Waals surface area contributed by atoms with Crippen molar-refractivity contribution in [2.75, 3.05) is 27.3 Å². The summed E-state index contributed by atoms with van der Waals surface area (Å²) in [5.74, 6) is 1.14. The van der Waals surface area contributed by atoms with Crippen molar-refractivity contribution < 1.29 is 24.0 Å². The number of benzene rings is 1. The molecule has 0 fully saturated rings. The first-order valence-electron chi connectivity index (χ1n) is 8.41. The molecule has 1 aromatic rings. The number of urea groups is 1. The van der Waals surface area contributed by atoms with E-state index in [4.69, 9.17) is 9.47 Å². The lowest BCUT2D eigenvalue weighted by Gasteiger charge is -2.26. The fourth-order valence-corrected chi connectivity index (χ4v) is 2.95. The van der Waals surface area contributed by atoms with Crippen LogP contribution in [0, 0.1) is 0 Å². The fourth-order valence-electron chi connectivity index (χ4n) is 2.95. The van der Waals surface area contributed by atoms with Crippen molar-refractivity contribution in [3.63, 3.8) is 0 Å². The number of carbonyl (C=O) groups excluding carboxylic acids is 2. The molecule has 2 rings (SSSR count). The van der Waals surface area contributed by atoms with Gasteiger partial charge in [0.05, 0.1) is 20.8 Å². The van der Waals surface area contributed by atoms with Crippen LogP contribution in [0.1, 0.15) is 31.9 Å². The van der Waals surface area contributed by atoms with Crippen molar-refractivity contribution >= 4 is 11.9 Å². The second-order valence-electron chi connectivity index (χ2n) is 7.33. The van der Waals surface area contributed by atoms with Crippen LogP contribution in [0.4, 0.5) is 4.79 Å². The molecule has 138 valence electrons. The van der Waals surface area contributed by atoms with Crippen molar-refractivity contribution in [2.24, 2.45) is 0 Å². The highest BCUT2D eigenvalue weighted by molar-refractivity contribution is 5.94. The van der Waals surface area contributed by atoms with Gasteiger partial charge in [-0.05, 0) is 38.5 Å². The fraction of sp³-hybridized carbons (Fsp3) is 0.556. The van der Waals surface area contributed by atoms with Gasteiger partial charge in [0.25, 0.3) is 5.91 Å². The van der Waals surface area contributed by atoms with Crippen molar-refractivity contribution in [1.29, 1.82) is 0 Å². The van der Waals surface area contributed by atoms with E-state index >= 15 is 0 Å². The number of quaternary nitrogens is 1. The molecule has 0 spiro atoms. The van der Waals surface area contributed by atoms with E-state index in [1.807, 2.05) is 32.9 Å². The van der Waals surface area contributed by atoms with Crippen LogP contribution >= 0.6 is 0 Å². The molecule has 3 N–H and O–H groups in total. The predicted molar refractivity (Wildman–Crippen MR) is 94.1 cm³/mol. The van der Waals surface area contributed by atoms with Gasteiger partial charge >= 0.3 is 6.03 Å². The minimum absolute atomic E-state index is 0.255. The molecule has 7 heteroatoms. The summed E-state index contributed by atoms with van der Waals surface area (Å²) in [6, 6.07) is 3.51. The minimum atomic E-state index is -0.458. The maximum Gasteiger partial charge on any atom is 0.322 e. The summed E-state index contributed by atoms with van der Waals surface area (Å²) >= 11 is 0. The van der Waals surface area contributed by atoms with E-state index in [2.05, 4.69) is 10.6 Å². The predicted octanol–water partition coefficient (Wildman–Crippen LogP) is 0.269. The monoisotopic (exact) mass is 350 g/mol. The number of amides is 3. The molecule has 0 aromatic heterocycles. The summed E-state index contributed by atoms with van der Waals surface area (Å²) in [5.41, 5.74) is 1.98. The Hall–Kier alpha value is -2.28. The van der Waals surface area contributed by atoms with Crippen molar-refractivity contribution in [1.82, 2.24) is 10.6 Å². The Morgan fingerprint density at radius 2 is 1.72 bits per heavy atom. The molecule has 0 bridgehead atoms. The van der Waals surface area contributed by atoms with E-state index in [9.17, 15) is 9.59 Å². The third-order valence-electron chi connectivity index (χ3n) is 4.05. The second-order valence-corrected chi connectivity index (χ2v) is 7.33. The normalized spacial score (nSPS) is 16.6. The molecule has 1 aliphatic heterocycles. The van der Waals surface area contributed by atoms with Gasteiger partial charge in [0, 0.05) is 17.5 Å². The molecule has 1 aromatic carbocycles. The number of rotatable bonds is 4. The topological polar surface area (TPSA) is 81.1 Å². The first-order chi connectivity index (χ1) is 11.7. The van der Waals surface area contributed by atoms with E-state index in [1.165, 1.54) is 5.56 Å². The molecular weight excluding hydrogens is 322 g/mol.